The van der Waals surface area contributed by atoms with Crippen LogP contribution in [-0.4, -0.2) is 35.2 Å². The number of nitrogens with zero attached hydrogens (tertiary/aromatic N) is 3. The number of hydrogen-bond donors (Lipinski definition) is 0. The molecule has 1 aromatic heterocycles. The molecule has 0 saturated carbocycles. The summed E-state index contributed by atoms with van der Waals surface area (Å²) in [5.74, 6) is 1.05. The standard InChI is InChI=1S/C14H21N3S2/c1-14(2,3)12-9-19-13(18)17(12)11-8-15-7-6-10(11)16(4)5/h6-8,12H,9H2,1-5H3/t12-/m1/s1. The zero-order valence-corrected chi connectivity index (χ0v) is 13.8. The van der Waals surface area contributed by atoms with Gasteiger partial charge in [0.15, 0.2) is 0 Å². The van der Waals surface area contributed by atoms with Crippen molar-refractivity contribution in [1.29, 1.82) is 0 Å². The highest BCUT2D eigenvalue weighted by molar-refractivity contribution is 8.23. The predicted octanol–water partition coefficient (Wildman–Crippen LogP) is 3.40. The third-order valence-electron chi connectivity index (χ3n) is 3.39. The number of thiocarbonyl (C=S) groups is 1. The smallest absolute Gasteiger partial charge is 0.141 e. The van der Waals surface area contributed by atoms with Gasteiger partial charge in [0.25, 0.3) is 0 Å². The Morgan fingerprint density at radius 1 is 1.42 bits per heavy atom. The van der Waals surface area contributed by atoms with Gasteiger partial charge in [0, 0.05) is 32.1 Å². The monoisotopic (exact) mass is 295 g/mol. The molecule has 2 heterocycles. The van der Waals surface area contributed by atoms with Gasteiger partial charge in [-0.2, -0.15) is 0 Å². The topological polar surface area (TPSA) is 19.4 Å². The molecule has 1 aliphatic heterocycles. The molecule has 1 fully saturated rings. The fourth-order valence-electron chi connectivity index (χ4n) is 2.27. The lowest BCUT2D eigenvalue weighted by atomic mass is 9.87. The van der Waals surface area contributed by atoms with E-state index in [1.165, 1.54) is 0 Å². The Balaban J connectivity index is 2.47. The van der Waals surface area contributed by atoms with Crippen molar-refractivity contribution in [2.45, 2.75) is 26.8 Å². The van der Waals surface area contributed by atoms with Crippen molar-refractivity contribution in [3.05, 3.63) is 18.5 Å². The van der Waals surface area contributed by atoms with Crippen LogP contribution in [-0.2, 0) is 0 Å². The molecule has 0 N–H and O–H groups in total. The molecular formula is C14H21N3S2. The Bertz CT molecular complexity index is 480. The van der Waals surface area contributed by atoms with Crippen LogP contribution in [0.25, 0.3) is 0 Å². The van der Waals surface area contributed by atoms with Gasteiger partial charge in [0.2, 0.25) is 0 Å². The molecule has 0 aliphatic carbocycles. The molecule has 0 radical (unpaired) electrons. The Hall–Kier alpha value is -0.810. The third kappa shape index (κ3) is 2.87. The summed E-state index contributed by atoms with van der Waals surface area (Å²) in [6.07, 6.45) is 3.75. The van der Waals surface area contributed by atoms with Crippen molar-refractivity contribution >= 4 is 39.7 Å². The summed E-state index contributed by atoms with van der Waals surface area (Å²) in [5.41, 5.74) is 2.46. The molecule has 19 heavy (non-hydrogen) atoms. The highest BCUT2D eigenvalue weighted by Crippen LogP contribution is 2.41. The minimum Gasteiger partial charge on any atom is -0.376 e. The van der Waals surface area contributed by atoms with Crippen LogP contribution in [0.2, 0.25) is 0 Å². The largest absolute Gasteiger partial charge is 0.376 e. The molecule has 0 unspecified atom stereocenters. The van der Waals surface area contributed by atoms with Crippen LogP contribution >= 0.6 is 24.0 Å². The maximum Gasteiger partial charge on any atom is 0.141 e. The summed E-state index contributed by atoms with van der Waals surface area (Å²) in [5, 5.41) is 0. The van der Waals surface area contributed by atoms with Crippen LogP contribution in [0, 0.1) is 5.41 Å². The SMILES string of the molecule is CN(C)c1ccncc1N1C(=S)SC[C@@H]1C(C)(C)C. The minimum atomic E-state index is 0.187. The summed E-state index contributed by atoms with van der Waals surface area (Å²) < 4.78 is 0.955. The molecule has 0 bridgehead atoms. The van der Waals surface area contributed by atoms with Crippen molar-refractivity contribution in [2.75, 3.05) is 29.6 Å². The average molecular weight is 295 g/mol. The lowest BCUT2D eigenvalue weighted by Crippen LogP contribution is -2.43. The van der Waals surface area contributed by atoms with Crippen molar-refractivity contribution in [3.8, 4) is 0 Å². The van der Waals surface area contributed by atoms with Crippen LogP contribution in [0.1, 0.15) is 20.8 Å². The van der Waals surface area contributed by atoms with Crippen molar-refractivity contribution in [2.24, 2.45) is 5.41 Å². The second-order valence-corrected chi connectivity index (χ2v) is 7.74. The molecule has 0 spiro atoms. The average Bonchev–Trinajstić information content (AvgIpc) is 2.70. The quantitative estimate of drug-likeness (QED) is 0.777. The Morgan fingerprint density at radius 2 is 2.11 bits per heavy atom. The van der Waals surface area contributed by atoms with Gasteiger partial charge in [-0.1, -0.05) is 44.8 Å². The van der Waals surface area contributed by atoms with E-state index >= 15 is 0 Å². The van der Waals surface area contributed by atoms with Crippen molar-refractivity contribution in [3.63, 3.8) is 0 Å². The second kappa shape index (κ2) is 5.29. The second-order valence-electron chi connectivity index (χ2n) is 6.09. The highest BCUT2D eigenvalue weighted by atomic mass is 32.2. The molecule has 1 aliphatic rings. The van der Waals surface area contributed by atoms with Gasteiger partial charge in [-0.25, -0.2) is 0 Å². The van der Waals surface area contributed by atoms with Crippen LogP contribution < -0.4 is 9.80 Å². The van der Waals surface area contributed by atoms with Crippen LogP contribution in [0.3, 0.4) is 0 Å². The van der Waals surface area contributed by atoms with Crippen molar-refractivity contribution in [1.82, 2.24) is 4.98 Å². The minimum absolute atomic E-state index is 0.187. The van der Waals surface area contributed by atoms with E-state index in [9.17, 15) is 0 Å². The number of hydrogen-bond acceptors (Lipinski definition) is 4. The Morgan fingerprint density at radius 3 is 2.68 bits per heavy atom. The molecule has 0 aromatic carbocycles. The molecule has 1 aromatic rings. The molecule has 1 atom stereocenters. The van der Waals surface area contributed by atoms with Gasteiger partial charge < -0.3 is 9.80 Å². The Labute approximate surface area is 125 Å². The number of aromatic nitrogens is 1. The fourth-order valence-corrected chi connectivity index (χ4v) is 4.01. The Kier molecular flexibility index (Phi) is 4.06. The molecule has 5 heteroatoms. The maximum absolute atomic E-state index is 5.56. The first kappa shape index (κ1) is 14.6. The van der Waals surface area contributed by atoms with Crippen LogP contribution in [0.15, 0.2) is 18.5 Å². The van der Waals surface area contributed by atoms with Gasteiger partial charge in [-0.15, -0.1) is 0 Å². The van der Waals surface area contributed by atoms with Gasteiger partial charge in [0.1, 0.15) is 4.32 Å². The summed E-state index contributed by atoms with van der Waals surface area (Å²) in [7, 11) is 4.11. The molecule has 2 rings (SSSR count). The fraction of sp³-hybridized carbons (Fsp3) is 0.571. The van der Waals surface area contributed by atoms with Crippen molar-refractivity contribution < 1.29 is 0 Å². The number of anilines is 2. The summed E-state index contributed by atoms with van der Waals surface area (Å²) >= 11 is 7.32. The maximum atomic E-state index is 5.56. The third-order valence-corrected chi connectivity index (χ3v) is 4.87. The summed E-state index contributed by atoms with van der Waals surface area (Å²) in [6, 6.07) is 2.45. The molecule has 0 amide bonds. The van der Waals surface area contributed by atoms with Gasteiger partial charge in [0.05, 0.1) is 17.6 Å². The zero-order chi connectivity index (χ0) is 14.2. The highest BCUT2D eigenvalue weighted by Gasteiger charge is 2.39. The summed E-state index contributed by atoms with van der Waals surface area (Å²) in [4.78, 5) is 8.68. The molecule has 3 nitrogen and oxygen atoms in total. The zero-order valence-electron chi connectivity index (χ0n) is 12.2. The van der Waals surface area contributed by atoms with E-state index in [4.69, 9.17) is 12.2 Å². The van der Waals surface area contributed by atoms with E-state index < -0.39 is 0 Å². The van der Waals surface area contributed by atoms with E-state index in [-0.39, 0.29) is 5.41 Å². The van der Waals surface area contributed by atoms with E-state index in [0.29, 0.717) is 6.04 Å². The first-order valence-corrected chi connectivity index (χ1v) is 7.79. The predicted molar refractivity (Wildman–Crippen MR) is 89.3 cm³/mol. The molecule has 1 saturated heterocycles. The number of thioether (sulfide) groups is 1. The number of pyridine rings is 1. The first-order valence-electron chi connectivity index (χ1n) is 6.39. The van der Waals surface area contributed by atoms with Gasteiger partial charge in [-0.05, 0) is 11.5 Å². The lowest BCUT2D eigenvalue weighted by molar-refractivity contribution is 0.348. The molecule has 104 valence electrons. The van der Waals surface area contributed by atoms with E-state index in [2.05, 4.69) is 49.7 Å². The van der Waals surface area contributed by atoms with E-state index in [0.717, 1.165) is 21.4 Å². The van der Waals surface area contributed by atoms with E-state index in [1.54, 1.807) is 11.8 Å². The van der Waals surface area contributed by atoms with Crippen LogP contribution in [0.5, 0.6) is 0 Å². The number of rotatable bonds is 2. The normalized spacial score (nSPS) is 19.9. The van der Waals surface area contributed by atoms with Gasteiger partial charge in [-0.3, -0.25) is 4.98 Å². The molecular weight excluding hydrogens is 274 g/mol. The van der Waals surface area contributed by atoms with E-state index in [1.807, 2.05) is 18.5 Å². The van der Waals surface area contributed by atoms with Gasteiger partial charge >= 0.3 is 0 Å². The summed E-state index contributed by atoms with van der Waals surface area (Å²) in [6.45, 7) is 6.81. The first-order chi connectivity index (χ1) is 8.82. The van der Waals surface area contributed by atoms with Crippen LogP contribution in [0.4, 0.5) is 11.4 Å². The lowest BCUT2D eigenvalue weighted by Gasteiger charge is -2.36.